The quantitative estimate of drug-likeness (QED) is 0.192. The summed E-state index contributed by atoms with van der Waals surface area (Å²) < 4.78 is 11.2. The van der Waals surface area contributed by atoms with Crippen molar-refractivity contribution in [3.8, 4) is 22.5 Å². The summed E-state index contributed by atoms with van der Waals surface area (Å²) in [6, 6.07) is 61.3. The molecule has 11 rings (SSSR count). The van der Waals surface area contributed by atoms with E-state index >= 15 is 0 Å². The monoisotopic (exact) mass is 624 g/mol. The maximum absolute atomic E-state index is 6.45. The van der Waals surface area contributed by atoms with Gasteiger partial charge in [-0.2, -0.15) is 0 Å². The highest BCUT2D eigenvalue weighted by Crippen LogP contribution is 2.40. The third kappa shape index (κ3) is 3.78. The largest absolute Gasteiger partial charge is 0.455 e. The Morgan fingerprint density at radius 2 is 0.898 bits per heavy atom. The van der Waals surface area contributed by atoms with Gasteiger partial charge >= 0.3 is 0 Å². The van der Waals surface area contributed by atoms with Gasteiger partial charge in [-0.15, -0.1) is 0 Å². The Labute approximate surface area is 281 Å². The number of hydrogen-bond donors (Lipinski definition) is 0. The van der Waals surface area contributed by atoms with Crippen LogP contribution < -0.4 is 0 Å². The van der Waals surface area contributed by atoms with E-state index in [2.05, 4.69) is 179 Å². The number of aromatic nitrogens is 2. The molecular weight excluding hydrogens is 597 g/mol. The molecule has 3 heterocycles. The van der Waals surface area contributed by atoms with E-state index in [9.17, 15) is 0 Å². The van der Waals surface area contributed by atoms with Crippen molar-refractivity contribution in [2.24, 2.45) is 0 Å². The fourth-order valence-corrected chi connectivity index (χ4v) is 8.07. The first-order valence-electron chi connectivity index (χ1n) is 16.8. The van der Waals surface area contributed by atoms with E-state index in [0.29, 0.717) is 0 Å². The predicted octanol–water partition coefficient (Wildman–Crippen LogP) is 12.6. The van der Waals surface area contributed by atoms with Gasteiger partial charge in [-0.25, -0.2) is 0 Å². The zero-order valence-corrected chi connectivity index (χ0v) is 26.5. The Balaban J connectivity index is 1.10. The SMILES string of the molecule is c1ccc(-n2c3ccccc3c3cc(-c4ccc5c(c4)c4ccccc4n5-c4ccc5oc6c7ccccc7ccc6c5c4)ccc32)cc1. The molecule has 0 amide bonds. The van der Waals surface area contributed by atoms with Crippen molar-refractivity contribution in [3.63, 3.8) is 0 Å². The molecule has 3 aromatic heterocycles. The van der Waals surface area contributed by atoms with Crippen LogP contribution in [0.2, 0.25) is 0 Å². The van der Waals surface area contributed by atoms with Crippen LogP contribution in [0, 0.1) is 0 Å². The molecule has 0 aliphatic rings. The van der Waals surface area contributed by atoms with E-state index in [-0.39, 0.29) is 0 Å². The average molecular weight is 625 g/mol. The minimum Gasteiger partial charge on any atom is -0.455 e. The molecule has 228 valence electrons. The lowest BCUT2D eigenvalue weighted by molar-refractivity contribution is 0.672. The molecule has 0 atom stereocenters. The minimum absolute atomic E-state index is 0.905. The van der Waals surface area contributed by atoms with Gasteiger partial charge in [-0.1, -0.05) is 97.1 Å². The molecule has 49 heavy (non-hydrogen) atoms. The van der Waals surface area contributed by atoms with E-state index in [1.807, 2.05) is 0 Å². The van der Waals surface area contributed by atoms with E-state index < -0.39 is 0 Å². The molecule has 8 aromatic carbocycles. The van der Waals surface area contributed by atoms with Crippen molar-refractivity contribution in [1.82, 2.24) is 9.13 Å². The summed E-state index contributed by atoms with van der Waals surface area (Å²) in [5.74, 6) is 0. The van der Waals surface area contributed by atoms with Crippen molar-refractivity contribution < 1.29 is 4.42 Å². The van der Waals surface area contributed by atoms with Gasteiger partial charge in [0.15, 0.2) is 0 Å². The summed E-state index contributed by atoms with van der Waals surface area (Å²) in [6.07, 6.45) is 0. The topological polar surface area (TPSA) is 23.0 Å². The molecule has 0 saturated carbocycles. The van der Waals surface area contributed by atoms with Crippen LogP contribution in [0.1, 0.15) is 0 Å². The maximum Gasteiger partial charge on any atom is 0.143 e. The lowest BCUT2D eigenvalue weighted by Crippen LogP contribution is -1.93. The molecule has 0 saturated heterocycles. The van der Waals surface area contributed by atoms with Gasteiger partial charge in [0.25, 0.3) is 0 Å². The Bertz CT molecular complexity index is 3100. The second-order valence-corrected chi connectivity index (χ2v) is 13.0. The van der Waals surface area contributed by atoms with Gasteiger partial charge in [-0.05, 0) is 89.3 Å². The summed E-state index contributed by atoms with van der Waals surface area (Å²) in [5.41, 5.74) is 11.4. The van der Waals surface area contributed by atoms with Gasteiger partial charge < -0.3 is 13.6 Å². The predicted molar refractivity (Wildman–Crippen MR) is 205 cm³/mol. The number of nitrogens with zero attached hydrogens (tertiary/aromatic N) is 2. The number of rotatable bonds is 3. The normalized spacial score (nSPS) is 12.1. The molecule has 0 fully saturated rings. The average Bonchev–Trinajstić information content (AvgIpc) is 3.82. The van der Waals surface area contributed by atoms with E-state index in [0.717, 1.165) is 33.0 Å². The van der Waals surface area contributed by atoms with Crippen LogP contribution in [-0.4, -0.2) is 9.13 Å². The van der Waals surface area contributed by atoms with Gasteiger partial charge in [0, 0.05) is 49.1 Å². The Morgan fingerprint density at radius 3 is 1.59 bits per heavy atom. The van der Waals surface area contributed by atoms with E-state index in [4.69, 9.17) is 4.42 Å². The van der Waals surface area contributed by atoms with Crippen LogP contribution in [-0.2, 0) is 0 Å². The molecule has 0 bridgehead atoms. The highest BCUT2D eigenvalue weighted by atomic mass is 16.3. The summed E-state index contributed by atoms with van der Waals surface area (Å²) in [6.45, 7) is 0. The number of para-hydroxylation sites is 3. The highest BCUT2D eigenvalue weighted by molar-refractivity contribution is 6.16. The second kappa shape index (κ2) is 9.96. The van der Waals surface area contributed by atoms with Crippen LogP contribution in [0.4, 0.5) is 0 Å². The molecule has 0 N–H and O–H groups in total. The number of benzene rings is 8. The van der Waals surface area contributed by atoms with Crippen molar-refractivity contribution >= 4 is 76.3 Å². The zero-order valence-electron chi connectivity index (χ0n) is 26.5. The van der Waals surface area contributed by atoms with E-state index in [1.165, 1.54) is 65.8 Å². The molecule has 3 nitrogen and oxygen atoms in total. The van der Waals surface area contributed by atoms with Crippen molar-refractivity contribution in [1.29, 1.82) is 0 Å². The molecule has 11 aromatic rings. The lowest BCUT2D eigenvalue weighted by Gasteiger charge is -2.09. The fraction of sp³-hybridized carbons (Fsp3) is 0. The summed E-state index contributed by atoms with van der Waals surface area (Å²) >= 11 is 0. The molecule has 0 aliphatic carbocycles. The van der Waals surface area contributed by atoms with Crippen LogP contribution >= 0.6 is 0 Å². The third-order valence-electron chi connectivity index (χ3n) is 10.3. The second-order valence-electron chi connectivity index (χ2n) is 13.0. The molecule has 3 heteroatoms. The Kier molecular flexibility index (Phi) is 5.38. The summed E-state index contributed by atoms with van der Waals surface area (Å²) in [5, 5.41) is 9.60. The molecule has 0 aliphatic heterocycles. The number of fused-ring (bicyclic) bond motifs is 11. The lowest BCUT2D eigenvalue weighted by atomic mass is 10.0. The van der Waals surface area contributed by atoms with E-state index in [1.54, 1.807) is 0 Å². The van der Waals surface area contributed by atoms with Gasteiger partial charge in [0.05, 0.1) is 22.1 Å². The van der Waals surface area contributed by atoms with Crippen molar-refractivity contribution in [3.05, 3.63) is 170 Å². The minimum atomic E-state index is 0.905. The van der Waals surface area contributed by atoms with Crippen LogP contribution in [0.3, 0.4) is 0 Å². The van der Waals surface area contributed by atoms with Crippen LogP contribution in [0.25, 0.3) is 98.8 Å². The Morgan fingerprint density at radius 1 is 0.327 bits per heavy atom. The highest BCUT2D eigenvalue weighted by Gasteiger charge is 2.17. The first kappa shape index (κ1) is 26.5. The number of hydrogen-bond acceptors (Lipinski definition) is 1. The maximum atomic E-state index is 6.45. The molecule has 0 radical (unpaired) electrons. The fourth-order valence-electron chi connectivity index (χ4n) is 8.07. The first-order chi connectivity index (χ1) is 24.3. The van der Waals surface area contributed by atoms with Crippen molar-refractivity contribution in [2.45, 2.75) is 0 Å². The van der Waals surface area contributed by atoms with Crippen LogP contribution in [0.5, 0.6) is 0 Å². The Hall–Kier alpha value is -6.58. The standard InChI is InChI=1S/C46H28N2O/c1-2-11-32(12-3-1)47-41-16-8-6-14-35(41)38-26-30(19-23-43(38)47)31-20-24-44-39(27-31)36-15-7-9-17-42(36)48(44)33-21-25-45-40(28-33)37-22-18-29-10-4-5-13-34(29)46(37)49-45/h1-28H. The van der Waals surface area contributed by atoms with Gasteiger partial charge in [0.1, 0.15) is 11.2 Å². The summed E-state index contributed by atoms with van der Waals surface area (Å²) in [4.78, 5) is 0. The summed E-state index contributed by atoms with van der Waals surface area (Å²) in [7, 11) is 0. The zero-order chi connectivity index (χ0) is 32.1. The van der Waals surface area contributed by atoms with Gasteiger partial charge in [0.2, 0.25) is 0 Å². The van der Waals surface area contributed by atoms with Gasteiger partial charge in [-0.3, -0.25) is 0 Å². The third-order valence-corrected chi connectivity index (χ3v) is 10.3. The number of furan rings is 1. The van der Waals surface area contributed by atoms with Crippen molar-refractivity contribution in [2.75, 3.05) is 0 Å². The molecular formula is C46H28N2O. The van der Waals surface area contributed by atoms with Crippen LogP contribution in [0.15, 0.2) is 174 Å². The molecule has 0 spiro atoms. The first-order valence-corrected chi connectivity index (χ1v) is 16.8. The molecule has 0 unspecified atom stereocenters. The smallest absolute Gasteiger partial charge is 0.143 e.